The second kappa shape index (κ2) is 11.0. The molecule has 4 aromatic rings. The van der Waals surface area contributed by atoms with Crippen LogP contribution in [0.25, 0.3) is 11.0 Å². The normalized spacial score (nSPS) is 15.9. The summed E-state index contributed by atoms with van der Waals surface area (Å²) in [5.74, 6) is -0.241. The van der Waals surface area contributed by atoms with Gasteiger partial charge in [0.05, 0.1) is 11.9 Å². The molecule has 1 aliphatic heterocycles. The van der Waals surface area contributed by atoms with Crippen LogP contribution in [0.2, 0.25) is 0 Å². The van der Waals surface area contributed by atoms with Crippen molar-refractivity contribution in [2.45, 2.75) is 37.1 Å². The highest BCUT2D eigenvalue weighted by Crippen LogP contribution is 2.30. The summed E-state index contributed by atoms with van der Waals surface area (Å²) in [7, 11) is -0.194. The second-order valence-electron chi connectivity index (χ2n) is 9.62. The van der Waals surface area contributed by atoms with Gasteiger partial charge < -0.3 is 19.4 Å². The lowest BCUT2D eigenvalue weighted by Gasteiger charge is -2.22. The number of aromatic nitrogens is 1. The molecule has 39 heavy (non-hydrogen) atoms. The van der Waals surface area contributed by atoms with Crippen LogP contribution in [0.4, 0.5) is 10.1 Å². The van der Waals surface area contributed by atoms with Crippen LogP contribution in [0.1, 0.15) is 24.0 Å². The van der Waals surface area contributed by atoms with Gasteiger partial charge in [0, 0.05) is 50.4 Å². The van der Waals surface area contributed by atoms with Crippen molar-refractivity contribution in [3.63, 3.8) is 0 Å². The number of amides is 1. The Morgan fingerprint density at radius 1 is 1.15 bits per heavy atom. The fraction of sp³-hybridized carbons (Fsp3) is 0.286. The quantitative estimate of drug-likeness (QED) is 0.334. The molecule has 9 nitrogen and oxygen atoms in total. The minimum absolute atomic E-state index is 0.193. The van der Waals surface area contributed by atoms with Gasteiger partial charge in [-0.1, -0.05) is 12.1 Å². The Bertz CT molecular complexity index is 1600. The van der Waals surface area contributed by atoms with E-state index in [-0.39, 0.29) is 23.8 Å². The molecule has 5 rings (SSSR count). The molecular weight excluding hydrogens is 523 g/mol. The minimum atomic E-state index is -4.08. The number of carbonyl (C=O) groups excluding carboxylic acids is 1. The lowest BCUT2D eigenvalue weighted by molar-refractivity contribution is -0.124. The first-order valence-electron chi connectivity index (χ1n) is 12.5. The Hall–Kier alpha value is -3.96. The Morgan fingerprint density at radius 3 is 2.82 bits per heavy atom. The zero-order valence-electron chi connectivity index (χ0n) is 21.6. The number of benzene rings is 2. The fourth-order valence-electron chi connectivity index (χ4n) is 4.54. The molecule has 0 radical (unpaired) electrons. The third kappa shape index (κ3) is 5.89. The number of halogens is 1. The summed E-state index contributed by atoms with van der Waals surface area (Å²) in [6.45, 7) is 0.745. The molecule has 204 valence electrons. The summed E-state index contributed by atoms with van der Waals surface area (Å²) in [6.07, 6.45) is 4.46. The number of sulfonamides is 1. The Kier molecular flexibility index (Phi) is 7.53. The molecule has 1 N–H and O–H groups in total. The van der Waals surface area contributed by atoms with E-state index in [0.717, 1.165) is 21.1 Å². The molecule has 3 heterocycles. The third-order valence-electron chi connectivity index (χ3n) is 6.59. The first kappa shape index (κ1) is 26.6. The van der Waals surface area contributed by atoms with Gasteiger partial charge in [-0.3, -0.25) is 9.78 Å². The van der Waals surface area contributed by atoms with E-state index in [2.05, 4.69) is 10.3 Å². The van der Waals surface area contributed by atoms with Gasteiger partial charge in [-0.05, 0) is 54.8 Å². The maximum absolute atomic E-state index is 13.6. The number of furan rings is 1. The van der Waals surface area contributed by atoms with Crippen LogP contribution < -0.4 is 15.0 Å². The molecule has 1 atom stereocenters. The van der Waals surface area contributed by atoms with Gasteiger partial charge in [-0.2, -0.15) is 4.31 Å². The van der Waals surface area contributed by atoms with E-state index < -0.39 is 27.8 Å². The van der Waals surface area contributed by atoms with E-state index in [1.165, 1.54) is 24.3 Å². The molecule has 1 saturated heterocycles. The molecule has 0 bridgehead atoms. The van der Waals surface area contributed by atoms with Gasteiger partial charge in [-0.15, -0.1) is 0 Å². The van der Waals surface area contributed by atoms with Gasteiger partial charge in [0.15, 0.2) is 0 Å². The van der Waals surface area contributed by atoms with Crippen molar-refractivity contribution in [2.75, 3.05) is 25.5 Å². The Morgan fingerprint density at radius 2 is 2.00 bits per heavy atom. The van der Waals surface area contributed by atoms with Crippen molar-refractivity contribution in [3.05, 3.63) is 83.9 Å². The summed E-state index contributed by atoms with van der Waals surface area (Å²) < 4.78 is 52.7. The first-order chi connectivity index (χ1) is 18.7. The first-order valence-corrected chi connectivity index (χ1v) is 14.0. The molecule has 11 heteroatoms. The molecular formula is C28H29FN4O5S. The van der Waals surface area contributed by atoms with Gasteiger partial charge >= 0.3 is 0 Å². The van der Waals surface area contributed by atoms with Crippen LogP contribution in [0.3, 0.4) is 0 Å². The van der Waals surface area contributed by atoms with Crippen molar-refractivity contribution < 1.29 is 26.8 Å². The van der Waals surface area contributed by atoms with E-state index >= 15 is 0 Å². The SMILES string of the molecule is CN(C)c1cncc(COc2cccc(CNC(=O)[C@@H]3CCCN3S(=O)(=O)c3cc4cc(F)ccc4o3)c2)c1. The Labute approximate surface area is 226 Å². The molecule has 0 unspecified atom stereocenters. The van der Waals surface area contributed by atoms with Gasteiger partial charge in [0.1, 0.15) is 29.8 Å². The van der Waals surface area contributed by atoms with Crippen LogP contribution in [0.15, 0.2) is 76.5 Å². The highest BCUT2D eigenvalue weighted by molar-refractivity contribution is 7.89. The zero-order valence-corrected chi connectivity index (χ0v) is 22.4. The predicted octanol–water partition coefficient (Wildman–Crippen LogP) is 4.08. The van der Waals surface area contributed by atoms with Gasteiger partial charge in [0.25, 0.3) is 10.0 Å². The largest absolute Gasteiger partial charge is 0.489 e. The summed E-state index contributed by atoms with van der Waals surface area (Å²) in [4.78, 5) is 19.3. The predicted molar refractivity (Wildman–Crippen MR) is 144 cm³/mol. The number of fused-ring (bicyclic) bond motifs is 1. The number of pyridine rings is 1. The van der Waals surface area contributed by atoms with Crippen molar-refractivity contribution in [3.8, 4) is 5.75 Å². The van der Waals surface area contributed by atoms with E-state index in [9.17, 15) is 17.6 Å². The van der Waals surface area contributed by atoms with Crippen LogP contribution in [0, 0.1) is 5.82 Å². The zero-order chi connectivity index (χ0) is 27.6. The average Bonchev–Trinajstić information content (AvgIpc) is 3.59. The lowest BCUT2D eigenvalue weighted by Crippen LogP contribution is -2.45. The molecule has 1 fully saturated rings. The number of anilines is 1. The monoisotopic (exact) mass is 552 g/mol. The number of carbonyl (C=O) groups is 1. The maximum atomic E-state index is 13.6. The van der Waals surface area contributed by atoms with Crippen molar-refractivity contribution in [2.24, 2.45) is 0 Å². The van der Waals surface area contributed by atoms with Crippen LogP contribution in [0.5, 0.6) is 5.75 Å². The molecule has 0 spiro atoms. The number of hydrogen-bond acceptors (Lipinski definition) is 7. The number of ether oxygens (including phenoxy) is 1. The van der Waals surface area contributed by atoms with Crippen LogP contribution in [-0.4, -0.2) is 50.3 Å². The van der Waals surface area contributed by atoms with Crippen molar-refractivity contribution in [1.82, 2.24) is 14.6 Å². The standard InChI is InChI=1S/C28H29FN4O5S/c1-32(2)23-11-20(15-30-17-23)18-37-24-6-3-5-19(12-24)16-31-28(34)25-7-4-10-33(25)39(35,36)27-14-21-13-22(29)8-9-26(21)38-27/h3,5-6,8-9,11-15,17,25H,4,7,10,16,18H2,1-2H3,(H,31,34)/t25-/m0/s1. The highest BCUT2D eigenvalue weighted by atomic mass is 32.2. The van der Waals surface area contributed by atoms with E-state index in [0.29, 0.717) is 30.6 Å². The average molecular weight is 553 g/mol. The van der Waals surface area contributed by atoms with Gasteiger partial charge in [0.2, 0.25) is 11.0 Å². The lowest BCUT2D eigenvalue weighted by atomic mass is 10.2. The summed E-state index contributed by atoms with van der Waals surface area (Å²) >= 11 is 0. The Balaban J connectivity index is 1.22. The van der Waals surface area contributed by atoms with Crippen molar-refractivity contribution in [1.29, 1.82) is 0 Å². The van der Waals surface area contributed by atoms with Crippen LogP contribution in [-0.2, 0) is 28.0 Å². The molecule has 1 aliphatic rings. The van der Waals surface area contributed by atoms with E-state index in [1.54, 1.807) is 12.4 Å². The molecule has 1 amide bonds. The molecule has 0 aliphatic carbocycles. The molecule has 2 aromatic carbocycles. The summed E-state index contributed by atoms with van der Waals surface area (Å²) in [6, 6.07) is 13.6. The second-order valence-corrected chi connectivity index (χ2v) is 11.4. The highest BCUT2D eigenvalue weighted by Gasteiger charge is 2.41. The number of hydrogen-bond donors (Lipinski definition) is 1. The van der Waals surface area contributed by atoms with Crippen molar-refractivity contribution >= 4 is 32.6 Å². The number of rotatable bonds is 9. The van der Waals surface area contributed by atoms with Gasteiger partial charge in [-0.25, -0.2) is 12.8 Å². The summed E-state index contributed by atoms with van der Waals surface area (Å²) in [5.41, 5.74) is 2.98. The molecule has 0 saturated carbocycles. The smallest absolute Gasteiger partial charge is 0.277 e. The number of nitrogens with zero attached hydrogens (tertiary/aromatic N) is 3. The maximum Gasteiger partial charge on any atom is 0.277 e. The molecule has 2 aromatic heterocycles. The third-order valence-corrected chi connectivity index (χ3v) is 8.36. The summed E-state index contributed by atoms with van der Waals surface area (Å²) in [5, 5.41) is 2.89. The minimum Gasteiger partial charge on any atom is -0.489 e. The fourth-order valence-corrected chi connectivity index (χ4v) is 6.15. The topological polar surface area (TPSA) is 105 Å². The number of nitrogens with one attached hydrogen (secondary N) is 1. The van der Waals surface area contributed by atoms with E-state index in [1.807, 2.05) is 49.3 Å². The van der Waals surface area contributed by atoms with Crippen LogP contribution >= 0.6 is 0 Å². The van der Waals surface area contributed by atoms with E-state index in [4.69, 9.17) is 9.15 Å².